The van der Waals surface area contributed by atoms with Crippen molar-refractivity contribution in [1.82, 2.24) is 0 Å². The lowest BCUT2D eigenvalue weighted by Gasteiger charge is -2.41. The molecule has 1 N–H and O–H groups in total. The summed E-state index contributed by atoms with van der Waals surface area (Å²) in [4.78, 5) is 0. The van der Waals surface area contributed by atoms with Crippen molar-refractivity contribution >= 4 is 11.6 Å². The number of hydrogen-bond donors (Lipinski definition) is 1. The summed E-state index contributed by atoms with van der Waals surface area (Å²) in [5, 5.41) is 9.08. The van der Waals surface area contributed by atoms with Crippen molar-refractivity contribution in [2.75, 3.05) is 6.61 Å². The van der Waals surface area contributed by atoms with Crippen molar-refractivity contribution in [2.24, 2.45) is 11.8 Å². The Morgan fingerprint density at radius 3 is 2.50 bits per heavy atom. The average molecular weight is 277 g/mol. The Hall–Kier alpha value is 0.210. The van der Waals surface area contributed by atoms with E-state index in [4.69, 9.17) is 21.4 Å². The van der Waals surface area contributed by atoms with Gasteiger partial charge in [-0.1, -0.05) is 33.6 Å². The van der Waals surface area contributed by atoms with E-state index in [9.17, 15) is 0 Å². The molecule has 18 heavy (non-hydrogen) atoms. The highest BCUT2D eigenvalue weighted by Gasteiger charge is 2.37. The third kappa shape index (κ3) is 4.40. The second-order valence-electron chi connectivity index (χ2n) is 5.63. The maximum Gasteiger partial charge on any atom is 0.0646 e. The second-order valence-corrected chi connectivity index (χ2v) is 6.19. The fourth-order valence-electron chi connectivity index (χ4n) is 3.04. The van der Waals surface area contributed by atoms with Gasteiger partial charge in [-0.15, -0.1) is 11.6 Å². The fourth-order valence-corrected chi connectivity index (χ4v) is 3.38. The summed E-state index contributed by atoms with van der Waals surface area (Å²) in [6, 6.07) is 0. The van der Waals surface area contributed by atoms with Crippen molar-refractivity contribution in [1.29, 1.82) is 0 Å². The van der Waals surface area contributed by atoms with Crippen molar-refractivity contribution < 1.29 is 9.84 Å². The normalized spacial score (nSPS) is 33.0. The zero-order valence-electron chi connectivity index (χ0n) is 12.1. The first-order valence-corrected chi connectivity index (χ1v) is 7.98. The summed E-state index contributed by atoms with van der Waals surface area (Å²) in [5.74, 6) is 1.08. The van der Waals surface area contributed by atoms with Crippen LogP contribution in [0.4, 0.5) is 0 Å². The van der Waals surface area contributed by atoms with Crippen molar-refractivity contribution in [3.8, 4) is 0 Å². The van der Waals surface area contributed by atoms with Crippen LogP contribution in [0.5, 0.6) is 0 Å². The van der Waals surface area contributed by atoms with Gasteiger partial charge in [-0.05, 0) is 37.5 Å². The van der Waals surface area contributed by atoms with Crippen molar-refractivity contribution in [3.05, 3.63) is 0 Å². The van der Waals surface area contributed by atoms with Crippen LogP contribution >= 0.6 is 11.6 Å². The molecule has 0 aromatic carbocycles. The number of rotatable bonds is 7. The molecule has 0 radical (unpaired) electrons. The lowest BCUT2D eigenvalue weighted by Crippen LogP contribution is -2.44. The zero-order valence-corrected chi connectivity index (χ0v) is 12.8. The second kappa shape index (κ2) is 8.39. The maximum atomic E-state index is 8.84. The molecule has 108 valence electrons. The lowest BCUT2D eigenvalue weighted by molar-refractivity contribution is -0.108. The number of aliphatic hydroxyl groups is 1. The molecule has 0 aromatic rings. The topological polar surface area (TPSA) is 29.5 Å². The van der Waals surface area contributed by atoms with E-state index in [1.54, 1.807) is 0 Å². The van der Waals surface area contributed by atoms with Crippen LogP contribution in [0.2, 0.25) is 0 Å². The Balaban J connectivity index is 2.54. The molecule has 1 aliphatic heterocycles. The van der Waals surface area contributed by atoms with Gasteiger partial charge in [0.05, 0.1) is 12.2 Å². The first-order chi connectivity index (χ1) is 8.63. The molecule has 3 heteroatoms. The van der Waals surface area contributed by atoms with Gasteiger partial charge in [0, 0.05) is 12.0 Å². The minimum absolute atomic E-state index is 0.239. The standard InChI is InChI=1S/C15H29ClO2/c1-4-12(5-2)15-11(3)14(16)10-13(18-15)8-6-7-9-17/h11-15,17H,4-10H2,1-3H3/t11-,13+,14-,15+/m0/s1. The van der Waals surface area contributed by atoms with E-state index in [0.29, 0.717) is 24.0 Å². The van der Waals surface area contributed by atoms with Gasteiger partial charge in [0.2, 0.25) is 0 Å². The van der Waals surface area contributed by atoms with Gasteiger partial charge in [-0.25, -0.2) is 0 Å². The number of halogens is 1. The highest BCUT2D eigenvalue weighted by Crippen LogP contribution is 2.36. The summed E-state index contributed by atoms with van der Waals surface area (Å²) in [6.45, 7) is 6.99. The van der Waals surface area contributed by atoms with Gasteiger partial charge in [-0.3, -0.25) is 0 Å². The molecule has 0 spiro atoms. The number of hydrogen-bond acceptors (Lipinski definition) is 2. The summed E-state index contributed by atoms with van der Waals surface area (Å²) in [5.41, 5.74) is 0. The molecule has 2 nitrogen and oxygen atoms in total. The number of alkyl halides is 1. The summed E-state index contributed by atoms with van der Waals surface area (Å²) in [6.07, 6.45) is 6.85. The number of unbranched alkanes of at least 4 members (excludes halogenated alkanes) is 1. The Bertz CT molecular complexity index is 217. The highest BCUT2D eigenvalue weighted by atomic mass is 35.5. The van der Waals surface area contributed by atoms with Crippen molar-refractivity contribution in [3.63, 3.8) is 0 Å². The van der Waals surface area contributed by atoms with Gasteiger partial charge in [-0.2, -0.15) is 0 Å². The maximum absolute atomic E-state index is 8.84. The molecule has 0 unspecified atom stereocenters. The predicted molar refractivity (Wildman–Crippen MR) is 77.1 cm³/mol. The molecule has 1 heterocycles. The van der Waals surface area contributed by atoms with Gasteiger partial charge < -0.3 is 9.84 Å². The molecule has 1 fully saturated rings. The zero-order chi connectivity index (χ0) is 13.5. The first kappa shape index (κ1) is 16.3. The van der Waals surface area contributed by atoms with Crippen LogP contribution in [0.25, 0.3) is 0 Å². The SMILES string of the molecule is CCC(CC)[C@@H]1O[C@H](CCCCO)C[C@H](Cl)[C@@H]1C. The van der Waals surface area contributed by atoms with Gasteiger partial charge in [0.25, 0.3) is 0 Å². The highest BCUT2D eigenvalue weighted by molar-refractivity contribution is 6.20. The smallest absolute Gasteiger partial charge is 0.0646 e. The van der Waals surface area contributed by atoms with E-state index < -0.39 is 0 Å². The fraction of sp³-hybridized carbons (Fsp3) is 1.00. The van der Waals surface area contributed by atoms with E-state index in [1.807, 2.05) is 0 Å². The minimum atomic E-state index is 0.239. The van der Waals surface area contributed by atoms with Crippen LogP contribution in [0.3, 0.4) is 0 Å². The predicted octanol–water partition coefficient (Wildman–Crippen LogP) is 3.99. The van der Waals surface area contributed by atoms with Gasteiger partial charge in [0.15, 0.2) is 0 Å². The summed E-state index contributed by atoms with van der Waals surface area (Å²) < 4.78 is 6.29. The number of aliphatic hydroxyl groups excluding tert-OH is 1. The molecule has 0 aliphatic carbocycles. The molecule has 0 amide bonds. The third-order valence-corrected chi connectivity index (χ3v) is 4.95. The Labute approximate surface area is 117 Å². The molecule has 1 rings (SSSR count). The van der Waals surface area contributed by atoms with Crippen LogP contribution in [0.15, 0.2) is 0 Å². The van der Waals surface area contributed by atoms with E-state index in [-0.39, 0.29) is 12.0 Å². The molecular weight excluding hydrogens is 248 g/mol. The van der Waals surface area contributed by atoms with Crippen LogP contribution in [0.1, 0.15) is 59.3 Å². The van der Waals surface area contributed by atoms with Crippen LogP contribution in [-0.2, 0) is 4.74 Å². The molecule has 0 bridgehead atoms. The quantitative estimate of drug-likeness (QED) is 0.563. The van der Waals surface area contributed by atoms with E-state index in [1.165, 1.54) is 12.8 Å². The van der Waals surface area contributed by atoms with Gasteiger partial charge in [0.1, 0.15) is 0 Å². The molecule has 4 atom stereocenters. The van der Waals surface area contributed by atoms with Crippen LogP contribution in [0, 0.1) is 11.8 Å². The summed E-state index contributed by atoms with van der Waals surface area (Å²) in [7, 11) is 0. The summed E-state index contributed by atoms with van der Waals surface area (Å²) >= 11 is 6.50. The van der Waals surface area contributed by atoms with E-state index in [0.717, 1.165) is 25.7 Å². The Morgan fingerprint density at radius 1 is 1.28 bits per heavy atom. The minimum Gasteiger partial charge on any atom is -0.396 e. The van der Waals surface area contributed by atoms with E-state index >= 15 is 0 Å². The molecule has 0 saturated carbocycles. The van der Waals surface area contributed by atoms with Crippen LogP contribution in [-0.4, -0.2) is 29.3 Å². The van der Waals surface area contributed by atoms with E-state index in [2.05, 4.69) is 20.8 Å². The first-order valence-electron chi connectivity index (χ1n) is 7.54. The Morgan fingerprint density at radius 2 is 1.94 bits per heavy atom. The van der Waals surface area contributed by atoms with Crippen molar-refractivity contribution in [2.45, 2.75) is 76.9 Å². The Kier molecular flexibility index (Phi) is 7.59. The lowest BCUT2D eigenvalue weighted by atomic mass is 9.82. The molecule has 1 saturated heterocycles. The molecule has 1 aliphatic rings. The molecular formula is C15H29ClO2. The monoisotopic (exact) mass is 276 g/mol. The average Bonchev–Trinajstić information content (AvgIpc) is 2.36. The third-order valence-electron chi connectivity index (χ3n) is 4.37. The largest absolute Gasteiger partial charge is 0.396 e. The number of ether oxygens (including phenoxy) is 1. The molecule has 0 aromatic heterocycles. The van der Waals surface area contributed by atoms with Gasteiger partial charge >= 0.3 is 0 Å². The van der Waals surface area contributed by atoms with Crippen LogP contribution < -0.4 is 0 Å².